The molecule has 2 rings (SSSR count). The molecule has 1 fully saturated rings. The maximum atomic E-state index is 11.9. The van der Waals surface area contributed by atoms with Crippen LogP contribution in [-0.2, 0) is 14.4 Å². The van der Waals surface area contributed by atoms with Crippen LogP contribution in [0.5, 0.6) is 0 Å². The van der Waals surface area contributed by atoms with Crippen molar-refractivity contribution in [3.8, 4) is 0 Å². The van der Waals surface area contributed by atoms with Crippen LogP contribution >= 0.6 is 11.6 Å². The minimum absolute atomic E-state index is 0.217. The average Bonchev–Trinajstić information content (AvgIpc) is 2.42. The first-order valence-electron chi connectivity index (χ1n) is 5.91. The minimum atomic E-state index is -0.855. The molecule has 2 unspecified atom stereocenters. The van der Waals surface area contributed by atoms with Crippen molar-refractivity contribution in [1.29, 1.82) is 0 Å². The van der Waals surface area contributed by atoms with E-state index in [0.717, 1.165) is 0 Å². The summed E-state index contributed by atoms with van der Waals surface area (Å²) in [5.74, 6) is -1.25. The number of imide groups is 1. The lowest BCUT2D eigenvalue weighted by Crippen LogP contribution is -2.52. The predicted molar refractivity (Wildman–Crippen MR) is 69.4 cm³/mol. The summed E-state index contributed by atoms with van der Waals surface area (Å²) in [6.07, 6.45) is 0.518. The van der Waals surface area contributed by atoms with Crippen molar-refractivity contribution >= 4 is 29.3 Å². The summed E-state index contributed by atoms with van der Waals surface area (Å²) in [4.78, 5) is 34.4. The predicted octanol–water partition coefficient (Wildman–Crippen LogP) is 0.888. The zero-order chi connectivity index (χ0) is 13.8. The zero-order valence-corrected chi connectivity index (χ0v) is 10.8. The van der Waals surface area contributed by atoms with Gasteiger partial charge in [0.1, 0.15) is 11.4 Å². The van der Waals surface area contributed by atoms with Gasteiger partial charge in [-0.15, -0.1) is 11.6 Å². The van der Waals surface area contributed by atoms with Crippen molar-refractivity contribution in [3.05, 3.63) is 35.9 Å². The Morgan fingerprint density at radius 1 is 1.32 bits per heavy atom. The quantitative estimate of drug-likeness (QED) is 0.638. The second-order valence-corrected chi connectivity index (χ2v) is 4.72. The standard InChI is InChI=1S/C13H13ClN2O3/c14-11(8-4-2-1-3-5-8)13(19)15-9-6-7-10(17)16-12(9)18/h1-5,9,11H,6-7H2,(H,15,19)(H,16,17,18). The number of halogens is 1. The molecular formula is C13H13ClN2O3. The SMILES string of the molecule is O=C1CCC(NC(=O)C(Cl)c2ccccc2)C(=O)N1. The summed E-state index contributed by atoms with van der Waals surface area (Å²) < 4.78 is 0. The van der Waals surface area contributed by atoms with E-state index < -0.39 is 23.2 Å². The lowest BCUT2D eigenvalue weighted by Gasteiger charge is -2.23. The highest BCUT2D eigenvalue weighted by atomic mass is 35.5. The van der Waals surface area contributed by atoms with Crippen LogP contribution in [0.25, 0.3) is 0 Å². The average molecular weight is 281 g/mol. The number of benzene rings is 1. The lowest BCUT2D eigenvalue weighted by atomic mass is 10.1. The molecule has 1 saturated heterocycles. The summed E-state index contributed by atoms with van der Waals surface area (Å²) >= 11 is 6.04. The van der Waals surface area contributed by atoms with Crippen LogP contribution in [-0.4, -0.2) is 23.8 Å². The second kappa shape index (κ2) is 5.84. The van der Waals surface area contributed by atoms with Gasteiger partial charge in [0.2, 0.25) is 17.7 Å². The van der Waals surface area contributed by atoms with Crippen molar-refractivity contribution in [3.63, 3.8) is 0 Å². The lowest BCUT2D eigenvalue weighted by molar-refractivity contribution is -0.137. The van der Waals surface area contributed by atoms with Gasteiger partial charge in [-0.2, -0.15) is 0 Å². The molecule has 0 aliphatic carbocycles. The van der Waals surface area contributed by atoms with Gasteiger partial charge in [-0.25, -0.2) is 0 Å². The van der Waals surface area contributed by atoms with Crippen LogP contribution in [0.15, 0.2) is 30.3 Å². The van der Waals surface area contributed by atoms with E-state index in [1.807, 2.05) is 6.07 Å². The Balaban J connectivity index is 1.98. The highest BCUT2D eigenvalue weighted by Gasteiger charge is 2.29. The zero-order valence-electron chi connectivity index (χ0n) is 10.1. The number of hydrogen-bond donors (Lipinski definition) is 2. The summed E-state index contributed by atoms with van der Waals surface area (Å²) in [6.45, 7) is 0. The molecule has 6 heteroatoms. The van der Waals surface area contributed by atoms with Gasteiger partial charge < -0.3 is 5.32 Å². The number of nitrogens with one attached hydrogen (secondary N) is 2. The second-order valence-electron chi connectivity index (χ2n) is 4.29. The third kappa shape index (κ3) is 3.32. The van der Waals surface area contributed by atoms with E-state index in [0.29, 0.717) is 12.0 Å². The van der Waals surface area contributed by atoms with Crippen molar-refractivity contribution in [2.75, 3.05) is 0 Å². The largest absolute Gasteiger partial charge is 0.343 e. The summed E-state index contributed by atoms with van der Waals surface area (Å²) in [5, 5.41) is 3.88. The molecule has 1 aromatic rings. The molecule has 1 aromatic carbocycles. The van der Waals surface area contributed by atoms with E-state index in [4.69, 9.17) is 11.6 Å². The first kappa shape index (κ1) is 13.5. The number of amides is 3. The summed E-state index contributed by atoms with van der Waals surface area (Å²) in [5.41, 5.74) is 0.661. The maximum Gasteiger partial charge on any atom is 0.249 e. The van der Waals surface area contributed by atoms with Gasteiger partial charge in [-0.05, 0) is 12.0 Å². The van der Waals surface area contributed by atoms with Gasteiger partial charge in [-0.3, -0.25) is 19.7 Å². The van der Waals surface area contributed by atoms with Gasteiger partial charge in [-0.1, -0.05) is 30.3 Å². The van der Waals surface area contributed by atoms with Crippen LogP contribution in [0.4, 0.5) is 0 Å². The van der Waals surface area contributed by atoms with E-state index >= 15 is 0 Å². The van der Waals surface area contributed by atoms with Crippen molar-refractivity contribution < 1.29 is 14.4 Å². The third-order valence-electron chi connectivity index (χ3n) is 2.88. The van der Waals surface area contributed by atoms with Crippen molar-refractivity contribution in [1.82, 2.24) is 10.6 Å². The van der Waals surface area contributed by atoms with Crippen molar-refractivity contribution in [2.45, 2.75) is 24.3 Å². The van der Waals surface area contributed by atoms with Gasteiger partial charge in [0.15, 0.2) is 0 Å². The number of carbonyl (C=O) groups excluding carboxylic acids is 3. The Bertz CT molecular complexity index is 504. The maximum absolute atomic E-state index is 11.9. The van der Waals surface area contributed by atoms with Crippen molar-refractivity contribution in [2.24, 2.45) is 0 Å². The highest BCUT2D eigenvalue weighted by molar-refractivity contribution is 6.31. The van der Waals surface area contributed by atoms with Gasteiger partial charge in [0.25, 0.3) is 0 Å². The van der Waals surface area contributed by atoms with E-state index in [2.05, 4.69) is 10.6 Å². The number of hydrogen-bond acceptors (Lipinski definition) is 3. The topological polar surface area (TPSA) is 75.3 Å². The molecule has 1 aliphatic rings. The number of rotatable bonds is 3. The Morgan fingerprint density at radius 2 is 2.00 bits per heavy atom. The molecular weight excluding hydrogens is 268 g/mol. The fourth-order valence-electron chi connectivity index (χ4n) is 1.85. The molecule has 5 nitrogen and oxygen atoms in total. The molecule has 0 radical (unpaired) electrons. The molecule has 0 aromatic heterocycles. The molecule has 19 heavy (non-hydrogen) atoms. The first-order valence-corrected chi connectivity index (χ1v) is 6.34. The first-order chi connectivity index (χ1) is 9.08. The van der Waals surface area contributed by atoms with Crippen LogP contribution < -0.4 is 10.6 Å². The summed E-state index contributed by atoms with van der Waals surface area (Å²) in [6, 6.07) is 8.16. The molecule has 2 N–H and O–H groups in total. The Hall–Kier alpha value is -1.88. The van der Waals surface area contributed by atoms with Gasteiger partial charge in [0.05, 0.1) is 0 Å². The normalized spacial score (nSPS) is 20.6. The molecule has 1 heterocycles. The molecule has 2 atom stereocenters. The van der Waals surface area contributed by atoms with Crippen LogP contribution in [0.3, 0.4) is 0 Å². The van der Waals surface area contributed by atoms with E-state index in [1.54, 1.807) is 24.3 Å². The fourth-order valence-corrected chi connectivity index (χ4v) is 2.06. The highest BCUT2D eigenvalue weighted by Crippen LogP contribution is 2.20. The van der Waals surface area contributed by atoms with Crippen LogP contribution in [0, 0.1) is 0 Å². The Kier molecular flexibility index (Phi) is 4.16. The van der Waals surface area contributed by atoms with E-state index in [9.17, 15) is 14.4 Å². The molecule has 0 spiro atoms. The van der Waals surface area contributed by atoms with Gasteiger partial charge >= 0.3 is 0 Å². The Morgan fingerprint density at radius 3 is 2.63 bits per heavy atom. The Labute approximate surface area is 115 Å². The number of carbonyl (C=O) groups is 3. The van der Waals surface area contributed by atoms with E-state index in [1.165, 1.54) is 0 Å². The van der Waals surface area contributed by atoms with Gasteiger partial charge in [0, 0.05) is 6.42 Å². The third-order valence-corrected chi connectivity index (χ3v) is 3.33. The van der Waals surface area contributed by atoms with Crippen LogP contribution in [0.2, 0.25) is 0 Å². The summed E-state index contributed by atoms with van der Waals surface area (Å²) in [7, 11) is 0. The minimum Gasteiger partial charge on any atom is -0.343 e. The number of piperidine rings is 1. The smallest absolute Gasteiger partial charge is 0.249 e. The van der Waals surface area contributed by atoms with E-state index in [-0.39, 0.29) is 12.3 Å². The van der Waals surface area contributed by atoms with Crippen LogP contribution in [0.1, 0.15) is 23.8 Å². The molecule has 0 saturated carbocycles. The monoisotopic (exact) mass is 280 g/mol. The molecule has 1 aliphatic heterocycles. The number of alkyl halides is 1. The molecule has 100 valence electrons. The fraction of sp³-hybridized carbons (Fsp3) is 0.308. The molecule has 0 bridgehead atoms. The molecule has 3 amide bonds.